The van der Waals surface area contributed by atoms with E-state index in [1.165, 1.54) is 54.7 Å². The van der Waals surface area contributed by atoms with Crippen molar-refractivity contribution < 1.29 is 14.6 Å². The van der Waals surface area contributed by atoms with Gasteiger partial charge in [-0.2, -0.15) is 0 Å². The third-order valence-electron chi connectivity index (χ3n) is 6.03. The van der Waals surface area contributed by atoms with Gasteiger partial charge in [0.2, 0.25) is 0 Å². The van der Waals surface area contributed by atoms with Crippen LogP contribution in [0.25, 0.3) is 0 Å². The van der Waals surface area contributed by atoms with Gasteiger partial charge in [-0.3, -0.25) is 0 Å². The first-order valence-corrected chi connectivity index (χ1v) is 12.8. The summed E-state index contributed by atoms with van der Waals surface area (Å²) in [5.74, 6) is 0.534. The fourth-order valence-electron chi connectivity index (χ4n) is 4.50. The van der Waals surface area contributed by atoms with Crippen LogP contribution < -0.4 is 0 Å². The van der Waals surface area contributed by atoms with E-state index in [2.05, 4.69) is 6.92 Å². The minimum atomic E-state index is -0.239. The average Bonchev–Trinajstić information content (AvgIpc) is 3.23. The Bertz CT molecular complexity index is 601. The number of thiophene rings is 1. The number of aliphatic hydroxyl groups is 1. The SMILES string of the molecule is CCCCCCCCC1[C@@H](CCCc2ccc(C(=O)OC(C)C)s2)C(Cl)C[C@H]1O. The molecule has 1 saturated carbocycles. The largest absolute Gasteiger partial charge is 0.459 e. The fourth-order valence-corrected chi connectivity index (χ4v) is 5.93. The highest BCUT2D eigenvalue weighted by Crippen LogP contribution is 2.42. The van der Waals surface area contributed by atoms with Crippen molar-refractivity contribution in [3.8, 4) is 0 Å². The number of rotatable bonds is 13. The third kappa shape index (κ3) is 8.22. The van der Waals surface area contributed by atoms with Crippen molar-refractivity contribution in [2.45, 2.75) is 109 Å². The molecule has 0 aliphatic heterocycles. The second kappa shape index (κ2) is 13.0. The molecular weight excluding hydrogens is 404 g/mol. The van der Waals surface area contributed by atoms with E-state index in [9.17, 15) is 9.90 Å². The van der Waals surface area contributed by atoms with E-state index in [0.29, 0.717) is 16.7 Å². The molecule has 1 aliphatic rings. The van der Waals surface area contributed by atoms with Crippen molar-refractivity contribution in [2.24, 2.45) is 11.8 Å². The van der Waals surface area contributed by atoms with Crippen LogP contribution >= 0.6 is 22.9 Å². The predicted octanol–water partition coefficient (Wildman–Crippen LogP) is 6.99. The van der Waals surface area contributed by atoms with Crippen LogP contribution in [0, 0.1) is 11.8 Å². The minimum absolute atomic E-state index is 0.0916. The first kappa shape index (κ1) is 24.7. The molecule has 0 bridgehead atoms. The summed E-state index contributed by atoms with van der Waals surface area (Å²) >= 11 is 8.14. The molecule has 3 nitrogen and oxygen atoms in total. The molecule has 0 spiro atoms. The van der Waals surface area contributed by atoms with Crippen molar-refractivity contribution >= 4 is 28.9 Å². The molecular formula is C24H39ClO3S. The number of aliphatic hydroxyl groups excluding tert-OH is 1. The van der Waals surface area contributed by atoms with Crippen molar-refractivity contribution in [3.05, 3.63) is 21.9 Å². The van der Waals surface area contributed by atoms with Crippen LogP contribution in [-0.2, 0) is 11.2 Å². The number of esters is 1. The molecule has 1 heterocycles. The maximum atomic E-state index is 12.0. The van der Waals surface area contributed by atoms with E-state index in [0.717, 1.165) is 32.1 Å². The molecule has 0 amide bonds. The highest BCUT2D eigenvalue weighted by Gasteiger charge is 2.40. The second-order valence-corrected chi connectivity index (χ2v) is 10.5. The Balaban J connectivity index is 1.75. The van der Waals surface area contributed by atoms with Gasteiger partial charge >= 0.3 is 5.97 Å². The van der Waals surface area contributed by atoms with Gasteiger partial charge in [0.1, 0.15) is 4.88 Å². The summed E-state index contributed by atoms with van der Waals surface area (Å²) in [5.41, 5.74) is 0. The molecule has 1 fully saturated rings. The molecule has 2 unspecified atom stereocenters. The van der Waals surface area contributed by atoms with E-state index in [1.807, 2.05) is 26.0 Å². The number of carbonyl (C=O) groups excluding carboxylic acids is 1. The average molecular weight is 443 g/mol. The third-order valence-corrected chi connectivity index (χ3v) is 7.66. The molecule has 5 heteroatoms. The molecule has 4 atom stereocenters. The van der Waals surface area contributed by atoms with Gasteiger partial charge in [0.15, 0.2) is 0 Å². The predicted molar refractivity (Wildman–Crippen MR) is 123 cm³/mol. The number of unbranched alkanes of at least 4 members (excludes halogenated alkanes) is 5. The van der Waals surface area contributed by atoms with Crippen molar-refractivity contribution in [1.82, 2.24) is 0 Å². The molecule has 0 aromatic carbocycles. The highest BCUT2D eigenvalue weighted by molar-refractivity contribution is 7.13. The van der Waals surface area contributed by atoms with Crippen LogP contribution in [0.15, 0.2) is 12.1 Å². The highest BCUT2D eigenvalue weighted by atomic mass is 35.5. The smallest absolute Gasteiger partial charge is 0.348 e. The van der Waals surface area contributed by atoms with Gasteiger partial charge < -0.3 is 9.84 Å². The van der Waals surface area contributed by atoms with Crippen molar-refractivity contribution in [1.29, 1.82) is 0 Å². The number of alkyl halides is 1. The molecule has 1 aliphatic carbocycles. The van der Waals surface area contributed by atoms with E-state index in [4.69, 9.17) is 16.3 Å². The quantitative estimate of drug-likeness (QED) is 0.203. The van der Waals surface area contributed by atoms with E-state index in [-0.39, 0.29) is 23.6 Å². The topological polar surface area (TPSA) is 46.5 Å². The normalized spacial score (nSPS) is 24.3. The summed E-state index contributed by atoms with van der Waals surface area (Å²) < 4.78 is 5.27. The fraction of sp³-hybridized carbons (Fsp3) is 0.792. The lowest BCUT2D eigenvalue weighted by Gasteiger charge is -2.23. The lowest BCUT2D eigenvalue weighted by Crippen LogP contribution is -2.21. The Morgan fingerprint density at radius 3 is 2.55 bits per heavy atom. The molecule has 1 aromatic rings. The van der Waals surface area contributed by atoms with Crippen molar-refractivity contribution in [2.75, 3.05) is 0 Å². The molecule has 2 rings (SSSR count). The van der Waals surface area contributed by atoms with Crippen LogP contribution in [-0.4, -0.2) is 28.7 Å². The lowest BCUT2D eigenvalue weighted by atomic mass is 9.85. The Kier molecular flexibility index (Phi) is 11.0. The number of ether oxygens (including phenoxy) is 1. The Morgan fingerprint density at radius 1 is 1.14 bits per heavy atom. The Morgan fingerprint density at radius 2 is 1.83 bits per heavy atom. The number of aryl methyl sites for hydroxylation is 1. The summed E-state index contributed by atoms with van der Waals surface area (Å²) in [6.07, 6.45) is 12.3. The van der Waals surface area contributed by atoms with Gasteiger partial charge in [-0.15, -0.1) is 22.9 Å². The lowest BCUT2D eigenvalue weighted by molar-refractivity contribution is 0.0384. The van der Waals surface area contributed by atoms with E-state index < -0.39 is 0 Å². The summed E-state index contributed by atoms with van der Waals surface area (Å²) in [7, 11) is 0. The van der Waals surface area contributed by atoms with Gasteiger partial charge in [0.05, 0.1) is 12.2 Å². The van der Waals surface area contributed by atoms with Crippen molar-refractivity contribution in [3.63, 3.8) is 0 Å². The first-order chi connectivity index (χ1) is 13.9. The maximum Gasteiger partial charge on any atom is 0.348 e. The number of halogens is 1. The Labute approximate surface area is 186 Å². The van der Waals surface area contributed by atoms with Crippen LogP contribution in [0.3, 0.4) is 0 Å². The summed E-state index contributed by atoms with van der Waals surface area (Å²) in [6, 6.07) is 3.91. The van der Waals surface area contributed by atoms with Crippen LogP contribution in [0.5, 0.6) is 0 Å². The van der Waals surface area contributed by atoms with Gasteiger partial charge in [0.25, 0.3) is 0 Å². The molecule has 166 valence electrons. The van der Waals surface area contributed by atoms with Crippen LogP contribution in [0.1, 0.15) is 99.5 Å². The van der Waals surface area contributed by atoms with E-state index in [1.54, 1.807) is 0 Å². The van der Waals surface area contributed by atoms with Gasteiger partial charge in [-0.05, 0) is 69.9 Å². The summed E-state index contributed by atoms with van der Waals surface area (Å²) in [5, 5.41) is 10.6. The summed E-state index contributed by atoms with van der Waals surface area (Å²) in [6.45, 7) is 5.98. The summed E-state index contributed by atoms with van der Waals surface area (Å²) in [4.78, 5) is 13.9. The molecule has 29 heavy (non-hydrogen) atoms. The zero-order valence-corrected chi connectivity index (χ0v) is 19.9. The number of hydrogen-bond donors (Lipinski definition) is 1. The maximum absolute atomic E-state index is 12.0. The monoisotopic (exact) mass is 442 g/mol. The number of carbonyl (C=O) groups is 1. The zero-order chi connectivity index (χ0) is 21.2. The zero-order valence-electron chi connectivity index (χ0n) is 18.4. The molecule has 0 saturated heterocycles. The second-order valence-electron chi connectivity index (χ2n) is 8.82. The van der Waals surface area contributed by atoms with Gasteiger partial charge in [0, 0.05) is 10.3 Å². The van der Waals surface area contributed by atoms with Gasteiger partial charge in [-0.1, -0.05) is 45.4 Å². The molecule has 0 radical (unpaired) electrons. The molecule has 1 N–H and O–H groups in total. The minimum Gasteiger partial charge on any atom is -0.459 e. The van der Waals surface area contributed by atoms with E-state index >= 15 is 0 Å². The van der Waals surface area contributed by atoms with Crippen LogP contribution in [0.4, 0.5) is 0 Å². The Hall–Kier alpha value is -0.580. The van der Waals surface area contributed by atoms with Crippen LogP contribution in [0.2, 0.25) is 0 Å². The first-order valence-electron chi connectivity index (χ1n) is 11.5. The number of hydrogen-bond acceptors (Lipinski definition) is 4. The van der Waals surface area contributed by atoms with Gasteiger partial charge in [-0.25, -0.2) is 4.79 Å². The molecule has 1 aromatic heterocycles. The standard InChI is InChI=1S/C24H39ClO3S/c1-4-5-6-7-8-9-12-20-19(21(25)16-22(20)26)13-10-11-18-14-15-23(29-18)24(27)28-17(2)3/h14-15,17,19-22,26H,4-13,16H2,1-3H3/t19-,20?,21?,22-/m1/s1.